The highest BCUT2D eigenvalue weighted by Gasteiger charge is 2.51. The minimum Gasteiger partial charge on any atom is -0.493 e. The molecule has 0 amide bonds. The Bertz CT molecular complexity index is 1250. The highest BCUT2D eigenvalue weighted by atomic mass is 19.1. The molecule has 3 heterocycles. The van der Waals surface area contributed by atoms with Crippen molar-refractivity contribution in [2.75, 3.05) is 39.4 Å². The molecule has 1 aliphatic carbocycles. The molecule has 3 fully saturated rings. The second-order valence-electron chi connectivity index (χ2n) is 12.3. The van der Waals surface area contributed by atoms with E-state index in [4.69, 9.17) is 14.3 Å². The number of benzene rings is 2. The lowest BCUT2D eigenvalue weighted by molar-refractivity contribution is -0.143. The molecule has 2 aromatic rings. The summed E-state index contributed by atoms with van der Waals surface area (Å²) in [6, 6.07) is 11.0. The lowest BCUT2D eigenvalue weighted by atomic mass is 9.79. The standard InChI is InChI=1S/C31H40FN3O5/c1-3-38-26-14-22(6-8-24(26)25-9-7-23(32)15-27(25)39-18-21-4-5-21)17-34-19-31(20-34)16-28(33-40-31)35-12-10-30(2,11-13-35)29(36)37/h6-9,14-15,21,29,36-37H,3-5,10-13,16-20H2,1-2H3. The van der Waals surface area contributed by atoms with Crippen LogP contribution in [-0.2, 0) is 11.4 Å². The first-order valence-electron chi connectivity index (χ1n) is 14.5. The number of amidine groups is 1. The first-order valence-corrected chi connectivity index (χ1v) is 14.5. The molecule has 1 spiro atoms. The van der Waals surface area contributed by atoms with Gasteiger partial charge in [0.15, 0.2) is 11.9 Å². The second kappa shape index (κ2) is 10.8. The van der Waals surface area contributed by atoms with Crippen LogP contribution < -0.4 is 9.47 Å². The molecule has 0 bridgehead atoms. The van der Waals surface area contributed by atoms with Crippen molar-refractivity contribution >= 4 is 5.84 Å². The Balaban J connectivity index is 1.07. The van der Waals surface area contributed by atoms with Crippen molar-refractivity contribution < 1.29 is 28.9 Å². The fraction of sp³-hybridized carbons (Fsp3) is 0.581. The summed E-state index contributed by atoms with van der Waals surface area (Å²) in [5.41, 5.74) is 2.15. The van der Waals surface area contributed by atoms with Crippen molar-refractivity contribution in [3.63, 3.8) is 0 Å². The second-order valence-corrected chi connectivity index (χ2v) is 12.3. The van der Waals surface area contributed by atoms with Gasteiger partial charge in [-0.25, -0.2) is 4.39 Å². The average Bonchev–Trinajstić information content (AvgIpc) is 3.65. The Morgan fingerprint density at radius 1 is 1.05 bits per heavy atom. The van der Waals surface area contributed by atoms with Crippen LogP contribution in [-0.4, -0.2) is 77.1 Å². The molecular formula is C31H40FN3O5. The van der Waals surface area contributed by atoms with E-state index in [1.54, 1.807) is 6.07 Å². The molecule has 2 N–H and O–H groups in total. The van der Waals surface area contributed by atoms with E-state index < -0.39 is 11.7 Å². The molecule has 6 rings (SSSR count). The van der Waals surface area contributed by atoms with Gasteiger partial charge in [-0.15, -0.1) is 0 Å². The molecule has 40 heavy (non-hydrogen) atoms. The van der Waals surface area contributed by atoms with E-state index in [0.717, 1.165) is 67.4 Å². The van der Waals surface area contributed by atoms with Gasteiger partial charge in [-0.2, -0.15) is 0 Å². The van der Waals surface area contributed by atoms with Crippen LogP contribution in [0.3, 0.4) is 0 Å². The highest BCUT2D eigenvalue weighted by Crippen LogP contribution is 2.41. The van der Waals surface area contributed by atoms with Gasteiger partial charge in [0, 0.05) is 55.3 Å². The zero-order chi connectivity index (χ0) is 27.9. The fourth-order valence-corrected chi connectivity index (χ4v) is 6.01. The van der Waals surface area contributed by atoms with Gasteiger partial charge in [0.1, 0.15) is 23.2 Å². The van der Waals surface area contributed by atoms with Crippen LogP contribution in [0.15, 0.2) is 41.6 Å². The van der Waals surface area contributed by atoms with Gasteiger partial charge in [0.2, 0.25) is 0 Å². The number of halogens is 1. The molecule has 1 saturated carbocycles. The molecule has 0 radical (unpaired) electrons. The van der Waals surface area contributed by atoms with E-state index in [2.05, 4.69) is 27.1 Å². The largest absolute Gasteiger partial charge is 0.493 e. The highest BCUT2D eigenvalue weighted by molar-refractivity contribution is 5.84. The minimum absolute atomic E-state index is 0.281. The van der Waals surface area contributed by atoms with Gasteiger partial charge >= 0.3 is 0 Å². The van der Waals surface area contributed by atoms with E-state index in [0.29, 0.717) is 37.7 Å². The zero-order valence-corrected chi connectivity index (χ0v) is 23.4. The number of nitrogens with zero attached hydrogens (tertiary/aromatic N) is 3. The maximum Gasteiger partial charge on any atom is 0.170 e. The maximum absolute atomic E-state index is 14.1. The van der Waals surface area contributed by atoms with Crippen molar-refractivity contribution in [1.82, 2.24) is 9.80 Å². The third-order valence-electron chi connectivity index (χ3n) is 8.90. The van der Waals surface area contributed by atoms with Crippen LogP contribution in [0.1, 0.15) is 51.5 Å². The van der Waals surface area contributed by atoms with Gasteiger partial charge in [0.05, 0.1) is 19.6 Å². The molecule has 0 atom stereocenters. The van der Waals surface area contributed by atoms with Crippen LogP contribution in [0, 0.1) is 17.2 Å². The molecule has 8 nitrogen and oxygen atoms in total. The molecule has 0 aromatic heterocycles. The number of rotatable bonds is 9. The number of aliphatic hydroxyl groups excluding tert-OH is 1. The predicted molar refractivity (Wildman–Crippen MR) is 150 cm³/mol. The Kier molecular flexibility index (Phi) is 7.39. The van der Waals surface area contributed by atoms with E-state index in [1.165, 1.54) is 25.0 Å². The van der Waals surface area contributed by atoms with Crippen molar-refractivity contribution in [2.24, 2.45) is 16.5 Å². The number of piperidine rings is 1. The molecule has 9 heteroatoms. The number of ether oxygens (including phenoxy) is 2. The minimum atomic E-state index is -1.29. The van der Waals surface area contributed by atoms with Gasteiger partial charge in [-0.05, 0) is 62.3 Å². The molecule has 0 unspecified atom stereocenters. The number of likely N-dealkylation sites (tertiary alicyclic amines) is 2. The van der Waals surface area contributed by atoms with E-state index >= 15 is 0 Å². The van der Waals surface area contributed by atoms with Crippen molar-refractivity contribution in [3.8, 4) is 22.6 Å². The van der Waals surface area contributed by atoms with Gasteiger partial charge < -0.3 is 29.4 Å². The Hall–Kier alpha value is -2.88. The van der Waals surface area contributed by atoms with E-state index in [-0.39, 0.29) is 11.4 Å². The third-order valence-corrected chi connectivity index (χ3v) is 8.90. The molecule has 216 valence electrons. The van der Waals surface area contributed by atoms with Crippen molar-refractivity contribution in [1.29, 1.82) is 0 Å². The first kappa shape index (κ1) is 27.3. The van der Waals surface area contributed by atoms with Gasteiger partial charge in [-0.3, -0.25) is 4.90 Å². The van der Waals surface area contributed by atoms with E-state index in [9.17, 15) is 14.6 Å². The quantitative estimate of drug-likeness (QED) is 0.446. The number of oxime groups is 1. The Morgan fingerprint density at radius 2 is 1.75 bits per heavy atom. The lowest BCUT2D eigenvalue weighted by Crippen LogP contribution is -2.61. The number of aliphatic hydroxyl groups is 2. The Morgan fingerprint density at radius 3 is 2.42 bits per heavy atom. The normalized spacial score (nSPS) is 21.8. The summed E-state index contributed by atoms with van der Waals surface area (Å²) in [5.74, 6) is 2.57. The SMILES string of the molecule is CCOc1cc(CN2CC3(CC(N4CCC(C)(C(O)O)CC4)=NO3)C2)ccc1-c1ccc(F)cc1OCC1CC1. The summed E-state index contributed by atoms with van der Waals surface area (Å²) >= 11 is 0. The topological polar surface area (TPSA) is 87.0 Å². The van der Waals surface area contributed by atoms with Crippen LogP contribution in [0.25, 0.3) is 11.1 Å². The summed E-state index contributed by atoms with van der Waals surface area (Å²) in [4.78, 5) is 10.5. The van der Waals surface area contributed by atoms with E-state index in [1.807, 2.05) is 19.9 Å². The first-order chi connectivity index (χ1) is 19.3. The lowest BCUT2D eigenvalue weighted by Gasteiger charge is -2.46. The van der Waals surface area contributed by atoms with Gasteiger partial charge in [0.25, 0.3) is 0 Å². The van der Waals surface area contributed by atoms with Crippen LogP contribution in [0.4, 0.5) is 4.39 Å². The maximum atomic E-state index is 14.1. The predicted octanol–water partition coefficient (Wildman–Crippen LogP) is 4.38. The van der Waals surface area contributed by atoms with Crippen molar-refractivity contribution in [3.05, 3.63) is 47.8 Å². The summed E-state index contributed by atoms with van der Waals surface area (Å²) < 4.78 is 26.1. The third kappa shape index (κ3) is 5.64. The molecule has 2 saturated heterocycles. The van der Waals surface area contributed by atoms with Crippen LogP contribution in [0.5, 0.6) is 11.5 Å². The molecule has 4 aliphatic rings. The van der Waals surface area contributed by atoms with Crippen LogP contribution >= 0.6 is 0 Å². The van der Waals surface area contributed by atoms with Crippen LogP contribution in [0.2, 0.25) is 0 Å². The summed E-state index contributed by atoms with van der Waals surface area (Å²) in [7, 11) is 0. The Labute approximate surface area is 235 Å². The summed E-state index contributed by atoms with van der Waals surface area (Å²) in [6.45, 7) is 8.91. The molecular weight excluding hydrogens is 513 g/mol. The zero-order valence-electron chi connectivity index (χ0n) is 23.4. The average molecular weight is 554 g/mol. The molecule has 2 aromatic carbocycles. The fourth-order valence-electron chi connectivity index (χ4n) is 6.01. The monoisotopic (exact) mass is 553 g/mol. The molecule has 3 aliphatic heterocycles. The van der Waals surface area contributed by atoms with Gasteiger partial charge in [-0.1, -0.05) is 24.2 Å². The number of hydrogen-bond donors (Lipinski definition) is 2. The summed E-state index contributed by atoms with van der Waals surface area (Å²) in [6.07, 6.45) is 3.26. The summed E-state index contributed by atoms with van der Waals surface area (Å²) in [5, 5.41) is 23.8. The number of hydrogen-bond acceptors (Lipinski definition) is 8. The smallest absolute Gasteiger partial charge is 0.170 e. The van der Waals surface area contributed by atoms with Crippen molar-refractivity contribution in [2.45, 2.75) is 64.4 Å².